The Bertz CT molecular complexity index is 977. The van der Waals surface area contributed by atoms with Gasteiger partial charge in [-0.05, 0) is 25.3 Å². The van der Waals surface area contributed by atoms with E-state index in [2.05, 4.69) is 10.3 Å². The van der Waals surface area contributed by atoms with Crippen LogP contribution >= 0.6 is 0 Å². The number of hydrogen-bond donors (Lipinski definition) is 1. The normalized spacial score (nSPS) is 23.0. The van der Waals surface area contributed by atoms with Crippen molar-refractivity contribution in [3.05, 3.63) is 38.7 Å². The fourth-order valence-corrected chi connectivity index (χ4v) is 3.89. The van der Waals surface area contributed by atoms with Crippen LogP contribution in [0.1, 0.15) is 29.6 Å². The van der Waals surface area contributed by atoms with E-state index in [1.165, 1.54) is 24.2 Å². The molecule has 2 bridgehead atoms. The molecular weight excluding hydrogens is 322 g/mol. The summed E-state index contributed by atoms with van der Waals surface area (Å²) in [6.45, 7) is 1.38. The summed E-state index contributed by atoms with van der Waals surface area (Å²) in [6.07, 6.45) is 4.67. The molecule has 8 heteroatoms. The zero-order chi connectivity index (χ0) is 17.7. The van der Waals surface area contributed by atoms with Crippen molar-refractivity contribution in [3.63, 3.8) is 0 Å². The topological polar surface area (TPSA) is 89.2 Å². The first kappa shape index (κ1) is 16.0. The Morgan fingerprint density at radius 2 is 1.92 bits per heavy atom. The molecule has 0 radical (unpaired) electrons. The average Bonchev–Trinajstić information content (AvgIpc) is 2.96. The van der Waals surface area contributed by atoms with Crippen LogP contribution in [0, 0.1) is 0 Å². The third kappa shape index (κ3) is 2.57. The van der Waals surface area contributed by atoms with Gasteiger partial charge >= 0.3 is 5.69 Å². The van der Waals surface area contributed by atoms with Crippen molar-refractivity contribution in [1.82, 2.24) is 24.3 Å². The Labute approximate surface area is 144 Å². The summed E-state index contributed by atoms with van der Waals surface area (Å²) < 4.78 is 2.35. The van der Waals surface area contributed by atoms with E-state index >= 15 is 0 Å². The first-order valence-electron chi connectivity index (χ1n) is 8.57. The van der Waals surface area contributed by atoms with Crippen LogP contribution in [0.25, 0.3) is 11.0 Å². The Kier molecular flexibility index (Phi) is 3.72. The molecule has 2 atom stereocenters. The molecule has 2 saturated heterocycles. The summed E-state index contributed by atoms with van der Waals surface area (Å²) in [4.78, 5) is 43.3. The van der Waals surface area contributed by atoms with Gasteiger partial charge in [0.05, 0.1) is 10.9 Å². The van der Waals surface area contributed by atoms with Crippen molar-refractivity contribution >= 4 is 16.9 Å². The highest BCUT2D eigenvalue weighted by Crippen LogP contribution is 2.21. The van der Waals surface area contributed by atoms with Crippen molar-refractivity contribution in [3.8, 4) is 0 Å². The number of aromatic nitrogens is 3. The number of carbonyl (C=O) groups excluding carboxylic acids is 1. The lowest BCUT2D eigenvalue weighted by atomic mass is 10.1. The van der Waals surface area contributed by atoms with E-state index in [0.717, 1.165) is 17.4 Å². The maximum absolute atomic E-state index is 12.9. The molecular formula is C17H21N5O3. The fraction of sp³-hybridized carbons (Fsp3) is 0.529. The van der Waals surface area contributed by atoms with Gasteiger partial charge in [-0.3, -0.25) is 18.7 Å². The Morgan fingerprint density at radius 3 is 2.72 bits per heavy atom. The van der Waals surface area contributed by atoms with Crippen LogP contribution in [-0.2, 0) is 14.1 Å². The summed E-state index contributed by atoms with van der Waals surface area (Å²) in [6, 6.07) is 2.40. The van der Waals surface area contributed by atoms with E-state index in [1.807, 2.05) is 4.90 Å². The van der Waals surface area contributed by atoms with Crippen molar-refractivity contribution in [2.75, 3.05) is 13.1 Å². The number of amides is 1. The van der Waals surface area contributed by atoms with Gasteiger partial charge in [0, 0.05) is 45.5 Å². The van der Waals surface area contributed by atoms with Crippen LogP contribution < -0.4 is 16.6 Å². The minimum atomic E-state index is -0.433. The molecule has 1 amide bonds. The highest BCUT2D eigenvalue weighted by molar-refractivity contribution is 5.96. The van der Waals surface area contributed by atoms with Gasteiger partial charge in [-0.2, -0.15) is 0 Å². The van der Waals surface area contributed by atoms with Gasteiger partial charge in [0.2, 0.25) is 0 Å². The number of fused-ring (bicyclic) bond motifs is 3. The number of aryl methyl sites for hydroxylation is 1. The minimum absolute atomic E-state index is 0.111. The molecule has 132 valence electrons. The average molecular weight is 343 g/mol. The van der Waals surface area contributed by atoms with Crippen molar-refractivity contribution in [2.45, 2.75) is 31.3 Å². The smallest absolute Gasteiger partial charge is 0.332 e. The number of rotatable bonds is 1. The van der Waals surface area contributed by atoms with E-state index in [9.17, 15) is 14.4 Å². The summed E-state index contributed by atoms with van der Waals surface area (Å²) in [5, 5.41) is 3.83. The lowest BCUT2D eigenvalue weighted by molar-refractivity contribution is 0.0748. The number of nitrogens with zero attached hydrogens (tertiary/aromatic N) is 4. The molecule has 0 saturated carbocycles. The largest absolute Gasteiger partial charge is 0.337 e. The molecule has 0 aliphatic carbocycles. The van der Waals surface area contributed by atoms with Crippen molar-refractivity contribution in [1.29, 1.82) is 0 Å². The van der Waals surface area contributed by atoms with E-state index < -0.39 is 11.2 Å². The van der Waals surface area contributed by atoms with E-state index in [1.54, 1.807) is 13.1 Å². The number of carbonyl (C=O) groups is 1. The SMILES string of the molecule is Cn1c(=O)c2cc(C(=O)N3CCC4CCC(C3)N4)cnc2n(C)c1=O. The second-order valence-electron chi connectivity index (χ2n) is 6.98. The molecule has 4 rings (SSSR count). The number of nitrogens with one attached hydrogen (secondary N) is 1. The molecule has 0 aromatic carbocycles. The molecule has 1 N–H and O–H groups in total. The molecule has 2 aliphatic rings. The van der Waals surface area contributed by atoms with Gasteiger partial charge in [-0.15, -0.1) is 0 Å². The first-order chi connectivity index (χ1) is 12.0. The molecule has 8 nitrogen and oxygen atoms in total. The second-order valence-corrected chi connectivity index (χ2v) is 6.98. The number of hydrogen-bond acceptors (Lipinski definition) is 5. The molecule has 2 fully saturated rings. The highest BCUT2D eigenvalue weighted by atomic mass is 16.2. The van der Waals surface area contributed by atoms with Gasteiger partial charge in [0.25, 0.3) is 11.5 Å². The molecule has 4 heterocycles. The molecule has 2 aliphatic heterocycles. The van der Waals surface area contributed by atoms with Gasteiger partial charge in [0.1, 0.15) is 5.65 Å². The lowest BCUT2D eigenvalue weighted by Crippen LogP contribution is -2.39. The second kappa shape index (κ2) is 5.80. The van der Waals surface area contributed by atoms with Crippen LogP contribution in [0.2, 0.25) is 0 Å². The van der Waals surface area contributed by atoms with Crippen LogP contribution in [-0.4, -0.2) is 50.1 Å². The van der Waals surface area contributed by atoms with Crippen LogP contribution in [0.4, 0.5) is 0 Å². The van der Waals surface area contributed by atoms with E-state index in [4.69, 9.17) is 0 Å². The summed E-state index contributed by atoms with van der Waals surface area (Å²) >= 11 is 0. The van der Waals surface area contributed by atoms with E-state index in [0.29, 0.717) is 36.4 Å². The molecule has 2 aromatic rings. The van der Waals surface area contributed by atoms with Gasteiger partial charge in [0.15, 0.2) is 0 Å². The molecule has 25 heavy (non-hydrogen) atoms. The van der Waals surface area contributed by atoms with Crippen LogP contribution in [0.3, 0.4) is 0 Å². The quantitative estimate of drug-likeness (QED) is 0.761. The third-order valence-corrected chi connectivity index (χ3v) is 5.35. The monoisotopic (exact) mass is 343 g/mol. The third-order valence-electron chi connectivity index (χ3n) is 5.35. The summed E-state index contributed by atoms with van der Waals surface area (Å²) in [5.74, 6) is -0.111. The van der Waals surface area contributed by atoms with Gasteiger partial charge in [-0.1, -0.05) is 0 Å². The predicted molar refractivity (Wildman–Crippen MR) is 92.7 cm³/mol. The highest BCUT2D eigenvalue weighted by Gasteiger charge is 2.31. The minimum Gasteiger partial charge on any atom is -0.337 e. The Hall–Kier alpha value is -2.48. The molecule has 2 unspecified atom stereocenters. The first-order valence-corrected chi connectivity index (χ1v) is 8.57. The van der Waals surface area contributed by atoms with Crippen molar-refractivity contribution in [2.24, 2.45) is 14.1 Å². The Morgan fingerprint density at radius 1 is 1.16 bits per heavy atom. The van der Waals surface area contributed by atoms with Crippen molar-refractivity contribution < 1.29 is 4.79 Å². The predicted octanol–water partition coefficient (Wildman–Crippen LogP) is -0.401. The Balaban J connectivity index is 1.73. The van der Waals surface area contributed by atoms with Crippen LogP contribution in [0.5, 0.6) is 0 Å². The van der Waals surface area contributed by atoms with E-state index in [-0.39, 0.29) is 11.3 Å². The van der Waals surface area contributed by atoms with Crippen LogP contribution in [0.15, 0.2) is 21.9 Å². The maximum atomic E-state index is 12.9. The number of likely N-dealkylation sites (tertiary alicyclic amines) is 1. The number of pyridine rings is 1. The molecule has 0 spiro atoms. The fourth-order valence-electron chi connectivity index (χ4n) is 3.89. The molecule has 2 aromatic heterocycles. The van der Waals surface area contributed by atoms with Gasteiger partial charge < -0.3 is 10.2 Å². The summed E-state index contributed by atoms with van der Waals surface area (Å²) in [7, 11) is 2.99. The standard InChI is InChI=1S/C17H21N5O3/c1-20-14-13(16(24)21(2)17(20)25)7-10(8-18-14)15(23)22-6-5-11-3-4-12(9-22)19-11/h7-8,11-12,19H,3-6,9H2,1-2H3. The maximum Gasteiger partial charge on any atom is 0.332 e. The van der Waals surface area contributed by atoms with Gasteiger partial charge in [-0.25, -0.2) is 9.78 Å². The summed E-state index contributed by atoms with van der Waals surface area (Å²) in [5.41, 5.74) is -0.183. The lowest BCUT2D eigenvalue weighted by Gasteiger charge is -2.24. The zero-order valence-corrected chi connectivity index (χ0v) is 14.4. The zero-order valence-electron chi connectivity index (χ0n) is 14.4.